The number of halogens is 2. The fraction of sp³-hybridized carbons (Fsp3) is 0.500. The average molecular weight is 310 g/mol. The maximum atomic E-state index is 12.4. The van der Waals surface area contributed by atoms with E-state index in [0.717, 1.165) is 12.8 Å². The summed E-state index contributed by atoms with van der Waals surface area (Å²) in [4.78, 5) is 0.219. The number of hydrogen-bond acceptors (Lipinski definition) is 2. The third-order valence-corrected chi connectivity index (χ3v) is 4.83. The first-order chi connectivity index (χ1) is 8.52. The minimum absolute atomic E-state index is 0.219. The first kappa shape index (κ1) is 15.8. The Morgan fingerprint density at radius 1 is 1.28 bits per heavy atom. The molecule has 0 aliphatic carbocycles. The number of hydrogen-bond donors (Lipinski definition) is 0. The van der Waals surface area contributed by atoms with Crippen LogP contribution in [0, 0.1) is 0 Å². The smallest absolute Gasteiger partial charge is 0.207 e. The van der Waals surface area contributed by atoms with Crippen LogP contribution in [-0.2, 0) is 10.0 Å². The Bertz CT molecular complexity index is 477. The molecule has 0 saturated carbocycles. The molecule has 0 unspecified atom stereocenters. The van der Waals surface area contributed by atoms with Gasteiger partial charge in [-0.2, -0.15) is 4.31 Å². The number of sulfonamides is 1. The molecule has 1 rings (SSSR count). The SMILES string of the molecule is CCCCN(CCCl)S(=O)(=O)c1cccc(Cl)c1. The first-order valence-corrected chi connectivity index (χ1v) is 8.19. The molecule has 0 amide bonds. The van der Waals surface area contributed by atoms with E-state index in [4.69, 9.17) is 23.2 Å². The molecule has 1 aromatic rings. The summed E-state index contributed by atoms with van der Waals surface area (Å²) < 4.78 is 26.2. The molecule has 18 heavy (non-hydrogen) atoms. The highest BCUT2D eigenvalue weighted by molar-refractivity contribution is 7.89. The second-order valence-electron chi connectivity index (χ2n) is 3.90. The standard InChI is InChI=1S/C12H17Cl2NO2S/c1-2-3-8-15(9-7-13)18(16,17)12-6-4-5-11(14)10-12/h4-6,10H,2-3,7-9H2,1H3. The Balaban J connectivity index is 3.00. The molecule has 6 heteroatoms. The summed E-state index contributed by atoms with van der Waals surface area (Å²) in [5, 5.41) is 0.414. The monoisotopic (exact) mass is 309 g/mol. The lowest BCUT2D eigenvalue weighted by molar-refractivity contribution is 0.420. The van der Waals surface area contributed by atoms with Crippen molar-refractivity contribution in [2.24, 2.45) is 0 Å². The Morgan fingerprint density at radius 2 is 2.00 bits per heavy atom. The fourth-order valence-electron chi connectivity index (χ4n) is 1.56. The van der Waals surface area contributed by atoms with E-state index >= 15 is 0 Å². The molecule has 0 bridgehead atoms. The molecular weight excluding hydrogens is 293 g/mol. The lowest BCUT2D eigenvalue weighted by Crippen LogP contribution is -2.33. The van der Waals surface area contributed by atoms with E-state index in [2.05, 4.69) is 0 Å². The molecule has 0 radical (unpaired) electrons. The molecule has 0 heterocycles. The van der Waals surface area contributed by atoms with Gasteiger partial charge in [0.25, 0.3) is 0 Å². The Kier molecular flexibility index (Phi) is 6.43. The van der Waals surface area contributed by atoms with Crippen molar-refractivity contribution in [2.45, 2.75) is 24.7 Å². The summed E-state index contributed by atoms with van der Waals surface area (Å²) in [6.45, 7) is 2.82. The van der Waals surface area contributed by atoms with Gasteiger partial charge in [0.2, 0.25) is 10.0 Å². The van der Waals surface area contributed by atoms with Crippen LogP contribution < -0.4 is 0 Å². The van der Waals surface area contributed by atoms with Gasteiger partial charge < -0.3 is 0 Å². The van der Waals surface area contributed by atoms with E-state index in [1.54, 1.807) is 18.2 Å². The molecule has 1 aromatic carbocycles. The predicted octanol–water partition coefficient (Wildman–Crippen LogP) is 3.37. The highest BCUT2D eigenvalue weighted by Gasteiger charge is 2.23. The van der Waals surface area contributed by atoms with E-state index in [9.17, 15) is 8.42 Å². The average Bonchev–Trinajstić information content (AvgIpc) is 2.34. The van der Waals surface area contributed by atoms with E-state index < -0.39 is 10.0 Å². The summed E-state index contributed by atoms with van der Waals surface area (Å²) in [5.74, 6) is 0.281. The first-order valence-electron chi connectivity index (χ1n) is 5.84. The largest absolute Gasteiger partial charge is 0.243 e. The minimum Gasteiger partial charge on any atom is -0.207 e. The van der Waals surface area contributed by atoms with Gasteiger partial charge in [0, 0.05) is 24.0 Å². The molecule has 102 valence electrons. The molecule has 0 aromatic heterocycles. The minimum atomic E-state index is -3.49. The number of alkyl halides is 1. The number of benzene rings is 1. The van der Waals surface area contributed by atoms with Crippen LogP contribution >= 0.6 is 23.2 Å². The van der Waals surface area contributed by atoms with Crippen LogP contribution in [0.25, 0.3) is 0 Å². The molecular formula is C12H17Cl2NO2S. The third kappa shape index (κ3) is 4.12. The van der Waals surface area contributed by atoms with Crippen LogP contribution in [-0.4, -0.2) is 31.7 Å². The van der Waals surface area contributed by atoms with Crippen LogP contribution in [0.1, 0.15) is 19.8 Å². The van der Waals surface area contributed by atoms with Gasteiger partial charge in [-0.1, -0.05) is 31.0 Å². The Morgan fingerprint density at radius 3 is 2.56 bits per heavy atom. The molecule has 0 spiro atoms. The van der Waals surface area contributed by atoms with Crippen molar-refractivity contribution < 1.29 is 8.42 Å². The maximum absolute atomic E-state index is 12.4. The summed E-state index contributed by atoms with van der Waals surface area (Å²) in [7, 11) is -3.49. The highest BCUT2D eigenvalue weighted by Crippen LogP contribution is 2.20. The maximum Gasteiger partial charge on any atom is 0.243 e. The molecule has 3 nitrogen and oxygen atoms in total. The topological polar surface area (TPSA) is 37.4 Å². The Labute approximate surface area is 119 Å². The zero-order chi connectivity index (χ0) is 13.6. The number of rotatable bonds is 7. The number of unbranched alkanes of at least 4 members (excludes halogenated alkanes) is 1. The van der Waals surface area contributed by atoms with Crippen molar-refractivity contribution in [3.05, 3.63) is 29.3 Å². The lowest BCUT2D eigenvalue weighted by Gasteiger charge is -2.21. The van der Waals surface area contributed by atoms with Crippen molar-refractivity contribution in [3.63, 3.8) is 0 Å². The summed E-state index contributed by atoms with van der Waals surface area (Å²) in [6.07, 6.45) is 1.75. The van der Waals surface area contributed by atoms with Gasteiger partial charge in [0.1, 0.15) is 0 Å². The second-order valence-corrected chi connectivity index (χ2v) is 6.66. The normalized spacial score (nSPS) is 12.0. The second kappa shape index (κ2) is 7.34. The van der Waals surface area contributed by atoms with Crippen LogP contribution in [0.5, 0.6) is 0 Å². The van der Waals surface area contributed by atoms with E-state index in [0.29, 0.717) is 18.1 Å². The molecule has 0 saturated heterocycles. The molecule has 0 N–H and O–H groups in total. The summed E-state index contributed by atoms with van der Waals surface area (Å²) >= 11 is 11.5. The van der Waals surface area contributed by atoms with Crippen molar-refractivity contribution in [1.82, 2.24) is 4.31 Å². The summed E-state index contributed by atoms with van der Waals surface area (Å²) in [5.41, 5.74) is 0. The van der Waals surface area contributed by atoms with Gasteiger partial charge in [0.15, 0.2) is 0 Å². The van der Waals surface area contributed by atoms with Gasteiger partial charge in [-0.25, -0.2) is 8.42 Å². The predicted molar refractivity (Wildman–Crippen MR) is 75.8 cm³/mol. The molecule has 0 aliphatic heterocycles. The van der Waals surface area contributed by atoms with E-state index in [1.165, 1.54) is 10.4 Å². The van der Waals surface area contributed by atoms with Gasteiger partial charge in [0.05, 0.1) is 4.90 Å². The molecule has 0 fully saturated rings. The quantitative estimate of drug-likeness (QED) is 0.724. The van der Waals surface area contributed by atoms with Crippen LogP contribution in [0.2, 0.25) is 5.02 Å². The lowest BCUT2D eigenvalue weighted by atomic mass is 10.3. The van der Waals surface area contributed by atoms with E-state index in [-0.39, 0.29) is 10.8 Å². The van der Waals surface area contributed by atoms with Crippen LogP contribution in [0.4, 0.5) is 0 Å². The van der Waals surface area contributed by atoms with Crippen molar-refractivity contribution >= 4 is 33.2 Å². The number of nitrogens with zero attached hydrogens (tertiary/aromatic N) is 1. The summed E-state index contributed by atoms with van der Waals surface area (Å²) in [6, 6.07) is 6.30. The van der Waals surface area contributed by atoms with Gasteiger partial charge in [-0.15, -0.1) is 11.6 Å². The highest BCUT2D eigenvalue weighted by atomic mass is 35.5. The van der Waals surface area contributed by atoms with Gasteiger partial charge in [-0.05, 0) is 24.6 Å². The van der Waals surface area contributed by atoms with E-state index in [1.807, 2.05) is 6.92 Å². The Hall–Kier alpha value is -0.290. The van der Waals surface area contributed by atoms with Crippen LogP contribution in [0.15, 0.2) is 29.2 Å². The molecule has 0 aliphatic rings. The zero-order valence-electron chi connectivity index (χ0n) is 10.3. The third-order valence-electron chi connectivity index (χ3n) is 2.53. The zero-order valence-corrected chi connectivity index (χ0v) is 12.6. The molecule has 0 atom stereocenters. The fourth-order valence-corrected chi connectivity index (χ4v) is 3.64. The van der Waals surface area contributed by atoms with Crippen molar-refractivity contribution in [3.8, 4) is 0 Å². The van der Waals surface area contributed by atoms with Crippen molar-refractivity contribution in [2.75, 3.05) is 19.0 Å². The van der Waals surface area contributed by atoms with Crippen LogP contribution in [0.3, 0.4) is 0 Å². The van der Waals surface area contributed by atoms with Gasteiger partial charge >= 0.3 is 0 Å². The van der Waals surface area contributed by atoms with Gasteiger partial charge in [-0.3, -0.25) is 0 Å². The van der Waals surface area contributed by atoms with Crippen molar-refractivity contribution in [1.29, 1.82) is 0 Å².